The Labute approximate surface area is 134 Å². The van der Waals surface area contributed by atoms with Gasteiger partial charge in [-0.2, -0.15) is 5.10 Å². The number of piperidine rings is 1. The molecule has 0 spiro atoms. The summed E-state index contributed by atoms with van der Waals surface area (Å²) in [6, 6.07) is 0. The van der Waals surface area contributed by atoms with Gasteiger partial charge in [0.15, 0.2) is 0 Å². The van der Waals surface area contributed by atoms with Crippen molar-refractivity contribution in [3.05, 3.63) is 28.2 Å². The summed E-state index contributed by atoms with van der Waals surface area (Å²) in [5.41, 5.74) is 0.872. The number of nitrogens with zero attached hydrogens (tertiary/aromatic N) is 5. The van der Waals surface area contributed by atoms with E-state index in [1.807, 2.05) is 16.5 Å². The first-order valence-electron chi connectivity index (χ1n) is 7.75. The fourth-order valence-electron chi connectivity index (χ4n) is 2.86. The van der Waals surface area contributed by atoms with Gasteiger partial charge < -0.3 is 4.90 Å². The normalized spacial score (nSPS) is 16.2. The molecule has 1 fully saturated rings. The highest BCUT2D eigenvalue weighted by molar-refractivity contribution is 7.13. The lowest BCUT2D eigenvalue weighted by Crippen LogP contribution is -2.39. The van der Waals surface area contributed by atoms with Crippen LogP contribution >= 0.6 is 11.3 Å². The molecule has 3 rings (SSSR count). The van der Waals surface area contributed by atoms with Crippen LogP contribution < -0.4 is 0 Å². The maximum absolute atomic E-state index is 12.6. The maximum atomic E-state index is 12.6. The van der Waals surface area contributed by atoms with Gasteiger partial charge in [0.2, 0.25) is 0 Å². The van der Waals surface area contributed by atoms with Crippen molar-refractivity contribution in [1.29, 1.82) is 0 Å². The molecule has 0 atom stereocenters. The third-order valence-electron chi connectivity index (χ3n) is 4.15. The van der Waals surface area contributed by atoms with Crippen LogP contribution in [0.1, 0.15) is 40.1 Å². The zero-order valence-corrected chi connectivity index (χ0v) is 13.8. The van der Waals surface area contributed by atoms with Gasteiger partial charge in [0, 0.05) is 19.6 Å². The van der Waals surface area contributed by atoms with E-state index in [-0.39, 0.29) is 5.91 Å². The number of hydrogen-bond acceptors (Lipinski definition) is 5. The Balaban J connectivity index is 1.58. The van der Waals surface area contributed by atoms with Crippen molar-refractivity contribution >= 4 is 17.2 Å². The first-order chi connectivity index (χ1) is 10.7. The van der Waals surface area contributed by atoms with E-state index in [1.165, 1.54) is 0 Å². The molecule has 1 aliphatic heterocycles. The number of hydrogen-bond donors (Lipinski definition) is 0. The quantitative estimate of drug-likeness (QED) is 0.866. The largest absolute Gasteiger partial charge is 0.338 e. The molecule has 2 aromatic heterocycles. The molecule has 2 aromatic rings. The highest BCUT2D eigenvalue weighted by Crippen LogP contribution is 2.24. The highest BCUT2D eigenvalue weighted by Gasteiger charge is 2.26. The fourth-order valence-corrected chi connectivity index (χ4v) is 3.83. The third kappa shape index (κ3) is 3.19. The average molecular weight is 319 g/mol. The molecule has 7 heteroatoms. The van der Waals surface area contributed by atoms with Crippen LogP contribution in [0.15, 0.2) is 12.7 Å². The monoisotopic (exact) mass is 319 g/mol. The van der Waals surface area contributed by atoms with Crippen molar-refractivity contribution in [2.24, 2.45) is 5.92 Å². The molecule has 1 aliphatic rings. The van der Waals surface area contributed by atoms with E-state index >= 15 is 0 Å². The maximum Gasteiger partial charge on any atom is 0.265 e. The van der Waals surface area contributed by atoms with Gasteiger partial charge in [-0.1, -0.05) is 6.92 Å². The molecular weight excluding hydrogens is 298 g/mol. The Morgan fingerprint density at radius 1 is 1.41 bits per heavy atom. The van der Waals surface area contributed by atoms with Crippen LogP contribution in [0.4, 0.5) is 0 Å². The minimum Gasteiger partial charge on any atom is -0.338 e. The SMILES string of the molecule is CCc1nc(C)c(C(=O)N2CCC(Cn3cncn3)CC2)s1. The fraction of sp³-hybridized carbons (Fsp3) is 0.600. The number of carbonyl (C=O) groups excluding carboxylic acids is 1. The molecular formula is C15H21N5OS. The van der Waals surface area contributed by atoms with E-state index < -0.39 is 0 Å². The second-order valence-electron chi connectivity index (χ2n) is 5.73. The second kappa shape index (κ2) is 6.56. The van der Waals surface area contributed by atoms with E-state index in [0.29, 0.717) is 5.92 Å². The van der Waals surface area contributed by atoms with Gasteiger partial charge in [-0.25, -0.2) is 9.97 Å². The average Bonchev–Trinajstić information content (AvgIpc) is 3.17. The van der Waals surface area contributed by atoms with E-state index in [9.17, 15) is 4.79 Å². The van der Waals surface area contributed by atoms with Crippen molar-refractivity contribution in [2.45, 2.75) is 39.7 Å². The minimum atomic E-state index is 0.147. The van der Waals surface area contributed by atoms with Gasteiger partial charge in [-0.15, -0.1) is 11.3 Å². The zero-order valence-electron chi connectivity index (χ0n) is 13.0. The summed E-state index contributed by atoms with van der Waals surface area (Å²) in [5, 5.41) is 5.20. The third-order valence-corrected chi connectivity index (χ3v) is 5.44. The molecule has 0 saturated carbocycles. The van der Waals surface area contributed by atoms with Crippen LogP contribution in [0.3, 0.4) is 0 Å². The number of aryl methyl sites for hydroxylation is 2. The number of amides is 1. The molecule has 22 heavy (non-hydrogen) atoms. The van der Waals surface area contributed by atoms with E-state index in [0.717, 1.165) is 54.5 Å². The topological polar surface area (TPSA) is 63.9 Å². The summed E-state index contributed by atoms with van der Waals surface area (Å²) in [4.78, 5) is 23.9. The van der Waals surface area contributed by atoms with Gasteiger partial charge in [-0.3, -0.25) is 9.48 Å². The lowest BCUT2D eigenvalue weighted by molar-refractivity contribution is 0.0685. The Morgan fingerprint density at radius 3 is 2.77 bits per heavy atom. The van der Waals surface area contributed by atoms with Crippen LogP contribution in [0.2, 0.25) is 0 Å². The van der Waals surface area contributed by atoms with Gasteiger partial charge in [-0.05, 0) is 32.1 Å². The summed E-state index contributed by atoms with van der Waals surface area (Å²) in [7, 11) is 0. The van der Waals surface area contributed by atoms with Gasteiger partial charge >= 0.3 is 0 Å². The molecule has 118 valence electrons. The first kappa shape index (κ1) is 15.1. The smallest absolute Gasteiger partial charge is 0.265 e. The molecule has 3 heterocycles. The summed E-state index contributed by atoms with van der Waals surface area (Å²) in [6.07, 6.45) is 6.24. The molecule has 0 aliphatic carbocycles. The summed E-state index contributed by atoms with van der Waals surface area (Å²) >= 11 is 1.54. The molecule has 0 unspecified atom stereocenters. The van der Waals surface area contributed by atoms with Crippen molar-refractivity contribution in [2.75, 3.05) is 13.1 Å². The number of rotatable bonds is 4. The molecule has 6 nitrogen and oxygen atoms in total. The Kier molecular flexibility index (Phi) is 4.52. The summed E-state index contributed by atoms with van der Waals surface area (Å²) < 4.78 is 1.88. The summed E-state index contributed by atoms with van der Waals surface area (Å²) in [6.45, 7) is 6.53. The highest BCUT2D eigenvalue weighted by atomic mass is 32.1. The molecule has 0 radical (unpaired) electrons. The van der Waals surface area contributed by atoms with E-state index in [2.05, 4.69) is 22.0 Å². The first-order valence-corrected chi connectivity index (χ1v) is 8.57. The minimum absolute atomic E-state index is 0.147. The number of carbonyl (C=O) groups is 1. The number of likely N-dealkylation sites (tertiary alicyclic amines) is 1. The van der Waals surface area contributed by atoms with Crippen molar-refractivity contribution in [3.63, 3.8) is 0 Å². The molecule has 0 aromatic carbocycles. The van der Waals surface area contributed by atoms with E-state index in [4.69, 9.17) is 0 Å². The van der Waals surface area contributed by atoms with Crippen LogP contribution in [-0.4, -0.2) is 43.6 Å². The van der Waals surface area contributed by atoms with Gasteiger partial charge in [0.05, 0.1) is 10.7 Å². The van der Waals surface area contributed by atoms with Crippen molar-refractivity contribution < 1.29 is 4.79 Å². The predicted octanol–water partition coefficient (Wildman–Crippen LogP) is 2.16. The van der Waals surface area contributed by atoms with Crippen LogP contribution in [-0.2, 0) is 13.0 Å². The van der Waals surface area contributed by atoms with Gasteiger partial charge in [0.1, 0.15) is 17.5 Å². The Bertz CT molecular complexity index is 628. The van der Waals surface area contributed by atoms with E-state index in [1.54, 1.807) is 24.0 Å². The lowest BCUT2D eigenvalue weighted by Gasteiger charge is -2.31. The van der Waals surface area contributed by atoms with Crippen molar-refractivity contribution in [3.8, 4) is 0 Å². The molecule has 0 N–H and O–H groups in total. The molecule has 1 saturated heterocycles. The van der Waals surface area contributed by atoms with Gasteiger partial charge in [0.25, 0.3) is 5.91 Å². The number of thiazole rings is 1. The van der Waals surface area contributed by atoms with Crippen LogP contribution in [0, 0.1) is 12.8 Å². The zero-order chi connectivity index (χ0) is 15.5. The molecule has 0 bridgehead atoms. The number of aromatic nitrogens is 4. The van der Waals surface area contributed by atoms with Crippen LogP contribution in [0.25, 0.3) is 0 Å². The van der Waals surface area contributed by atoms with Crippen molar-refractivity contribution in [1.82, 2.24) is 24.6 Å². The van der Waals surface area contributed by atoms with Crippen LogP contribution in [0.5, 0.6) is 0 Å². The summed E-state index contributed by atoms with van der Waals surface area (Å²) in [5.74, 6) is 0.716. The second-order valence-corrected chi connectivity index (χ2v) is 6.81. The molecule has 1 amide bonds. The Hall–Kier alpha value is -1.76. The standard InChI is InChI=1S/C15H21N5OS/c1-3-13-18-11(2)14(22-13)15(21)19-6-4-12(5-7-19)8-20-10-16-9-17-20/h9-10,12H,3-8H2,1-2H3. The lowest BCUT2D eigenvalue weighted by atomic mass is 9.97. The predicted molar refractivity (Wildman–Crippen MR) is 84.9 cm³/mol. The Morgan fingerprint density at radius 2 is 2.18 bits per heavy atom.